The van der Waals surface area contributed by atoms with E-state index in [1.54, 1.807) is 30.3 Å². The van der Waals surface area contributed by atoms with E-state index in [1.165, 1.54) is 17.4 Å². The maximum absolute atomic E-state index is 14.2. The third-order valence-electron chi connectivity index (χ3n) is 7.66. The van der Waals surface area contributed by atoms with Crippen molar-refractivity contribution < 1.29 is 23.8 Å². The fourth-order valence-corrected chi connectivity index (χ4v) is 6.00. The third kappa shape index (κ3) is 5.56. The lowest BCUT2D eigenvalue weighted by Crippen LogP contribution is -2.35. The molecule has 2 aliphatic rings. The number of aromatic nitrogens is 3. The molecule has 11 heteroatoms. The summed E-state index contributed by atoms with van der Waals surface area (Å²) in [6, 6.07) is 11.4. The lowest BCUT2D eigenvalue weighted by atomic mass is 9.94. The highest BCUT2D eigenvalue weighted by Gasteiger charge is 2.26. The monoisotopic (exact) mass is 561 g/mol. The fraction of sp³-hybridized carbons (Fsp3) is 0.379. The summed E-state index contributed by atoms with van der Waals surface area (Å²) in [5.74, 6) is -0.169. The van der Waals surface area contributed by atoms with E-state index >= 15 is 0 Å². The topological polar surface area (TPSA) is 114 Å². The number of halogens is 1. The summed E-state index contributed by atoms with van der Waals surface area (Å²) in [5.41, 5.74) is 3.54. The SMILES string of the molecule is N#Cc1ccc(COc2nc(C3CCN(Cc4nc5ccc(C(=O)O)cc5n4C[C@@H]4CCO4)CC3)cs2)c(F)c1. The number of hydrogen-bond donors (Lipinski definition) is 1. The third-order valence-corrected chi connectivity index (χ3v) is 8.43. The number of ether oxygens (including phenoxy) is 2. The molecule has 0 saturated carbocycles. The van der Waals surface area contributed by atoms with Gasteiger partial charge in [-0.1, -0.05) is 17.4 Å². The van der Waals surface area contributed by atoms with Crippen LogP contribution < -0.4 is 4.74 Å². The van der Waals surface area contributed by atoms with Gasteiger partial charge < -0.3 is 19.1 Å². The molecule has 2 aliphatic heterocycles. The smallest absolute Gasteiger partial charge is 0.335 e. The van der Waals surface area contributed by atoms with Crippen molar-refractivity contribution in [2.24, 2.45) is 0 Å². The number of rotatable bonds is 9. The number of carbonyl (C=O) groups is 1. The number of benzene rings is 2. The van der Waals surface area contributed by atoms with E-state index in [-0.39, 0.29) is 23.8 Å². The van der Waals surface area contributed by atoms with Crippen LogP contribution in [0.3, 0.4) is 0 Å². The number of hydrogen-bond acceptors (Lipinski definition) is 8. The molecule has 0 amide bonds. The molecular weight excluding hydrogens is 533 g/mol. The average molecular weight is 562 g/mol. The highest BCUT2D eigenvalue weighted by atomic mass is 32.1. The largest absolute Gasteiger partial charge is 0.478 e. The van der Waals surface area contributed by atoms with Gasteiger partial charge in [0, 0.05) is 23.5 Å². The Hall–Kier alpha value is -3.85. The summed E-state index contributed by atoms with van der Waals surface area (Å²) in [6.07, 6.45) is 3.01. The molecule has 1 atom stereocenters. The van der Waals surface area contributed by atoms with E-state index in [9.17, 15) is 14.3 Å². The maximum Gasteiger partial charge on any atom is 0.335 e. The molecule has 6 rings (SSSR count). The Labute approximate surface area is 234 Å². The summed E-state index contributed by atoms with van der Waals surface area (Å²) in [5, 5.41) is 20.9. The minimum absolute atomic E-state index is 0.0593. The predicted molar refractivity (Wildman–Crippen MR) is 146 cm³/mol. The van der Waals surface area contributed by atoms with E-state index in [0.29, 0.717) is 29.8 Å². The van der Waals surface area contributed by atoms with Gasteiger partial charge in [-0.15, -0.1) is 0 Å². The number of carboxylic acids is 1. The van der Waals surface area contributed by atoms with Gasteiger partial charge in [-0.05, 0) is 62.7 Å². The second-order valence-electron chi connectivity index (χ2n) is 10.2. The molecule has 0 bridgehead atoms. The first-order chi connectivity index (χ1) is 19.5. The number of thiazole rings is 1. The predicted octanol–water partition coefficient (Wildman–Crippen LogP) is 4.95. The normalized spacial score (nSPS) is 17.9. The van der Waals surface area contributed by atoms with Crippen LogP contribution in [0.15, 0.2) is 41.8 Å². The molecule has 0 unspecified atom stereocenters. The van der Waals surface area contributed by atoms with Crippen LogP contribution in [0.2, 0.25) is 0 Å². The van der Waals surface area contributed by atoms with Gasteiger partial charge in [0.25, 0.3) is 5.19 Å². The minimum atomic E-state index is -0.949. The van der Waals surface area contributed by atoms with E-state index in [4.69, 9.17) is 19.7 Å². The van der Waals surface area contributed by atoms with Crippen molar-refractivity contribution in [2.75, 3.05) is 19.7 Å². The van der Waals surface area contributed by atoms with Crippen LogP contribution in [0.1, 0.15) is 58.2 Å². The van der Waals surface area contributed by atoms with Gasteiger partial charge in [0.15, 0.2) is 0 Å². The fourth-order valence-electron chi connectivity index (χ4n) is 5.25. The quantitative estimate of drug-likeness (QED) is 0.305. The van der Waals surface area contributed by atoms with Crippen molar-refractivity contribution in [3.63, 3.8) is 0 Å². The molecule has 2 saturated heterocycles. The van der Waals surface area contributed by atoms with Crippen molar-refractivity contribution in [3.8, 4) is 11.3 Å². The van der Waals surface area contributed by atoms with E-state index < -0.39 is 11.8 Å². The Morgan fingerprint density at radius 2 is 2.02 bits per heavy atom. The zero-order chi connectivity index (χ0) is 27.6. The van der Waals surface area contributed by atoms with Crippen LogP contribution in [-0.2, 0) is 24.4 Å². The molecule has 0 aliphatic carbocycles. The molecule has 2 fully saturated rings. The first-order valence-electron chi connectivity index (χ1n) is 13.3. The summed E-state index contributed by atoms with van der Waals surface area (Å²) in [7, 11) is 0. The number of imidazole rings is 1. The van der Waals surface area contributed by atoms with Crippen molar-refractivity contribution in [3.05, 3.63) is 75.8 Å². The lowest BCUT2D eigenvalue weighted by Gasteiger charge is -2.32. The minimum Gasteiger partial charge on any atom is -0.478 e. The lowest BCUT2D eigenvalue weighted by molar-refractivity contribution is -0.0592. The van der Waals surface area contributed by atoms with Gasteiger partial charge in [0.05, 0.1) is 53.1 Å². The molecular formula is C29H28FN5O4S. The van der Waals surface area contributed by atoms with Gasteiger partial charge in [-0.2, -0.15) is 5.26 Å². The van der Waals surface area contributed by atoms with Crippen molar-refractivity contribution in [1.29, 1.82) is 5.26 Å². The Morgan fingerprint density at radius 1 is 1.20 bits per heavy atom. The number of carboxylic acid groups (broad SMARTS) is 1. The van der Waals surface area contributed by atoms with E-state index in [2.05, 4.69) is 14.5 Å². The molecule has 0 spiro atoms. The van der Waals surface area contributed by atoms with Crippen molar-refractivity contribution in [2.45, 2.75) is 51.0 Å². The van der Waals surface area contributed by atoms with Crippen LogP contribution in [0.4, 0.5) is 4.39 Å². The van der Waals surface area contributed by atoms with Gasteiger partial charge >= 0.3 is 5.97 Å². The summed E-state index contributed by atoms with van der Waals surface area (Å²) in [4.78, 5) is 23.5. The Balaban J connectivity index is 1.08. The summed E-state index contributed by atoms with van der Waals surface area (Å²) < 4.78 is 27.7. The summed E-state index contributed by atoms with van der Waals surface area (Å²) >= 11 is 1.41. The molecule has 9 nitrogen and oxygen atoms in total. The zero-order valence-corrected chi connectivity index (χ0v) is 22.6. The second kappa shape index (κ2) is 11.3. The molecule has 4 aromatic rings. The molecule has 206 valence electrons. The Morgan fingerprint density at radius 3 is 2.73 bits per heavy atom. The van der Waals surface area contributed by atoms with Crippen LogP contribution in [-0.4, -0.2) is 56.3 Å². The number of piperidine rings is 1. The molecule has 2 aromatic carbocycles. The van der Waals surface area contributed by atoms with E-state index in [1.807, 2.05) is 11.4 Å². The van der Waals surface area contributed by atoms with Crippen LogP contribution in [0.25, 0.3) is 11.0 Å². The second-order valence-corrected chi connectivity index (χ2v) is 11.0. The standard InChI is InChI=1S/C29H28FN5O4S/c30-23-11-18(13-31)1-2-21(23)16-39-29-33-25(17-40-29)19-5-8-34(9-6-19)15-27-32-24-4-3-20(28(36)37)12-26(24)35(27)14-22-7-10-38-22/h1-4,11-12,17,19,22H,5-10,14-16H2,(H,36,37)/t22-/m0/s1. The highest BCUT2D eigenvalue weighted by molar-refractivity contribution is 7.11. The molecule has 1 N–H and O–H groups in total. The van der Waals surface area contributed by atoms with Crippen LogP contribution in [0.5, 0.6) is 5.19 Å². The van der Waals surface area contributed by atoms with Crippen molar-refractivity contribution >= 4 is 28.3 Å². The maximum atomic E-state index is 14.2. The average Bonchev–Trinajstić information content (AvgIpc) is 3.54. The summed E-state index contributed by atoms with van der Waals surface area (Å²) in [6.45, 7) is 3.94. The molecule has 4 heterocycles. The number of fused-ring (bicyclic) bond motifs is 1. The van der Waals surface area contributed by atoms with Gasteiger partial charge in [0.1, 0.15) is 18.2 Å². The molecule has 40 heavy (non-hydrogen) atoms. The number of aromatic carboxylic acids is 1. The van der Waals surface area contributed by atoms with Crippen LogP contribution >= 0.6 is 11.3 Å². The first kappa shape index (κ1) is 26.4. The number of likely N-dealkylation sites (tertiary alicyclic amines) is 1. The number of nitrogens with zero attached hydrogens (tertiary/aromatic N) is 5. The number of nitriles is 1. The highest BCUT2D eigenvalue weighted by Crippen LogP contribution is 2.32. The Kier molecular flexibility index (Phi) is 7.47. The first-order valence-corrected chi connectivity index (χ1v) is 14.2. The Bertz CT molecular complexity index is 1580. The van der Waals surface area contributed by atoms with Crippen LogP contribution in [0, 0.1) is 17.1 Å². The van der Waals surface area contributed by atoms with Crippen molar-refractivity contribution in [1.82, 2.24) is 19.4 Å². The zero-order valence-electron chi connectivity index (χ0n) is 21.8. The van der Waals surface area contributed by atoms with Gasteiger partial charge in [-0.3, -0.25) is 4.90 Å². The molecule has 0 radical (unpaired) electrons. The van der Waals surface area contributed by atoms with E-state index in [0.717, 1.165) is 61.5 Å². The van der Waals surface area contributed by atoms with Gasteiger partial charge in [-0.25, -0.2) is 19.2 Å². The molecule has 2 aromatic heterocycles. The van der Waals surface area contributed by atoms with Gasteiger partial charge in [0.2, 0.25) is 0 Å².